The van der Waals surface area contributed by atoms with Crippen LogP contribution in [0.3, 0.4) is 0 Å². The monoisotopic (exact) mass is 572 g/mol. The number of alkyl halides is 3. The van der Waals surface area contributed by atoms with E-state index in [0.29, 0.717) is 50.1 Å². The molecule has 2 fully saturated rings. The number of likely N-dealkylation sites (tertiary alicyclic amines) is 1. The number of likely N-dealkylation sites (N-methyl/N-ethyl adjacent to an activating group) is 1. The maximum Gasteiger partial charge on any atom is 0.417 e. The molecule has 2 aliphatic rings. The highest BCUT2D eigenvalue weighted by molar-refractivity contribution is 6.08. The van der Waals surface area contributed by atoms with Gasteiger partial charge < -0.3 is 26.6 Å². The Labute approximate surface area is 234 Å². The smallest absolute Gasteiger partial charge is 0.381 e. The second-order valence-corrected chi connectivity index (χ2v) is 10.7. The summed E-state index contributed by atoms with van der Waals surface area (Å²) in [6.45, 7) is 2.16. The van der Waals surface area contributed by atoms with E-state index in [0.717, 1.165) is 25.0 Å². The van der Waals surface area contributed by atoms with Gasteiger partial charge in [-0.2, -0.15) is 13.2 Å². The average molecular weight is 573 g/mol. The molecule has 12 heteroatoms. The summed E-state index contributed by atoms with van der Waals surface area (Å²) in [5.41, 5.74) is 4.52. The van der Waals surface area contributed by atoms with E-state index in [1.54, 1.807) is 0 Å². The van der Waals surface area contributed by atoms with E-state index in [1.165, 1.54) is 24.4 Å². The minimum Gasteiger partial charge on any atom is -0.381 e. The van der Waals surface area contributed by atoms with Crippen LogP contribution in [0.15, 0.2) is 36.5 Å². The van der Waals surface area contributed by atoms with E-state index >= 15 is 4.39 Å². The number of hydrogen-bond donors (Lipinski definition) is 4. The van der Waals surface area contributed by atoms with Crippen LogP contribution in [0.5, 0.6) is 0 Å². The molecule has 1 saturated heterocycles. The van der Waals surface area contributed by atoms with Crippen LogP contribution in [0.1, 0.15) is 52.0 Å². The number of carbonyl (C=O) groups is 2. The molecule has 5 rings (SSSR count). The van der Waals surface area contributed by atoms with Crippen LogP contribution in [0.4, 0.5) is 23.2 Å². The van der Waals surface area contributed by atoms with Gasteiger partial charge >= 0.3 is 6.18 Å². The largest absolute Gasteiger partial charge is 0.417 e. The standard InChI is InChI=1S/C29H32F4N6O2/c1-39-14-18(15-39)38-28(41)22-13-36-25-12-23(29(31,32)33)20(11-21(25)26(22)37-17-5-6-17)16-4-7-19(24(30)10-16)27(40)35-9-3-2-8-34/h4,7,10-13,17-18H,2-3,5-6,8-9,14-15,34H2,1H3,(H,35,40)(H,36,37)(H,38,41). The molecule has 2 aromatic carbocycles. The third kappa shape index (κ3) is 6.43. The van der Waals surface area contributed by atoms with Crippen LogP contribution in [0, 0.1) is 5.82 Å². The summed E-state index contributed by atoms with van der Waals surface area (Å²) in [6.07, 6.45) is -0.420. The van der Waals surface area contributed by atoms with Crippen molar-refractivity contribution in [2.75, 3.05) is 38.5 Å². The topological polar surface area (TPSA) is 112 Å². The number of anilines is 1. The SMILES string of the molecule is CN1CC(NC(=O)c2cnc3cc(C(F)(F)F)c(-c4ccc(C(=O)NCCCCN)c(F)c4)cc3c2NC2CC2)C1. The minimum absolute atomic E-state index is 0.0283. The molecule has 0 spiro atoms. The Morgan fingerprint density at radius 2 is 1.80 bits per heavy atom. The van der Waals surface area contributed by atoms with Gasteiger partial charge in [-0.3, -0.25) is 14.6 Å². The lowest BCUT2D eigenvalue weighted by molar-refractivity contribution is -0.137. The van der Waals surface area contributed by atoms with Crippen LogP contribution in [-0.2, 0) is 6.18 Å². The first-order valence-corrected chi connectivity index (χ1v) is 13.6. The normalized spacial score (nSPS) is 16.0. The maximum absolute atomic E-state index is 15.1. The summed E-state index contributed by atoms with van der Waals surface area (Å²) in [7, 11) is 1.94. The second kappa shape index (κ2) is 11.6. The van der Waals surface area contributed by atoms with Crippen LogP contribution in [0.2, 0.25) is 0 Å². The number of rotatable bonds is 10. The first-order chi connectivity index (χ1) is 19.5. The summed E-state index contributed by atoms with van der Waals surface area (Å²) in [6, 6.07) is 5.67. The summed E-state index contributed by atoms with van der Waals surface area (Å²) in [5.74, 6) is -1.97. The fourth-order valence-corrected chi connectivity index (χ4v) is 4.96. The van der Waals surface area contributed by atoms with Gasteiger partial charge in [0.25, 0.3) is 11.8 Å². The Balaban J connectivity index is 1.55. The summed E-state index contributed by atoms with van der Waals surface area (Å²) >= 11 is 0. The van der Waals surface area contributed by atoms with E-state index in [9.17, 15) is 22.8 Å². The Kier molecular flexibility index (Phi) is 8.14. The number of benzene rings is 2. The Morgan fingerprint density at radius 3 is 2.44 bits per heavy atom. The molecular formula is C29H32F4N6O2. The molecule has 0 radical (unpaired) electrons. The number of carbonyl (C=O) groups excluding carboxylic acids is 2. The third-order valence-corrected chi connectivity index (χ3v) is 7.32. The number of unbranched alkanes of at least 4 members (excludes halogenated alkanes) is 1. The minimum atomic E-state index is -4.77. The van der Waals surface area contributed by atoms with Gasteiger partial charge in [-0.15, -0.1) is 0 Å². The van der Waals surface area contributed by atoms with Crippen LogP contribution < -0.4 is 21.7 Å². The van der Waals surface area contributed by atoms with Crippen LogP contribution in [0.25, 0.3) is 22.0 Å². The van der Waals surface area contributed by atoms with E-state index in [-0.39, 0.29) is 45.8 Å². The van der Waals surface area contributed by atoms with Crippen molar-refractivity contribution < 1.29 is 27.2 Å². The zero-order valence-corrected chi connectivity index (χ0v) is 22.6. The van der Waals surface area contributed by atoms with Crippen molar-refractivity contribution in [3.8, 4) is 11.1 Å². The number of amides is 2. The number of nitrogens with one attached hydrogen (secondary N) is 3. The van der Waals surface area contributed by atoms with Crippen molar-refractivity contribution in [2.45, 2.75) is 43.9 Å². The van der Waals surface area contributed by atoms with Gasteiger partial charge in [0.2, 0.25) is 0 Å². The molecule has 3 aromatic rings. The second-order valence-electron chi connectivity index (χ2n) is 10.7. The van der Waals surface area contributed by atoms with Crippen molar-refractivity contribution >= 4 is 28.4 Å². The lowest BCUT2D eigenvalue weighted by Gasteiger charge is -2.36. The number of fused-ring (bicyclic) bond motifs is 1. The number of halogens is 4. The van der Waals surface area contributed by atoms with E-state index in [1.807, 2.05) is 11.9 Å². The molecule has 5 N–H and O–H groups in total. The zero-order chi connectivity index (χ0) is 29.3. The molecule has 1 aromatic heterocycles. The van der Waals surface area contributed by atoms with Gasteiger partial charge in [0, 0.05) is 37.3 Å². The molecule has 1 aliphatic heterocycles. The highest BCUT2D eigenvalue weighted by Gasteiger charge is 2.36. The van der Waals surface area contributed by atoms with Gasteiger partial charge in [-0.05, 0) is 74.7 Å². The predicted molar refractivity (Wildman–Crippen MR) is 148 cm³/mol. The van der Waals surface area contributed by atoms with E-state index < -0.39 is 23.5 Å². The fraction of sp³-hybridized carbons (Fsp3) is 0.414. The molecule has 0 atom stereocenters. The molecule has 2 heterocycles. The number of aromatic nitrogens is 1. The molecule has 8 nitrogen and oxygen atoms in total. The molecule has 1 saturated carbocycles. The van der Waals surface area contributed by atoms with Gasteiger partial charge in [0.1, 0.15) is 5.82 Å². The summed E-state index contributed by atoms with van der Waals surface area (Å²) in [5, 5.41) is 9.17. The highest BCUT2D eigenvalue weighted by Crippen LogP contribution is 2.42. The maximum atomic E-state index is 15.1. The Bertz CT molecular complexity index is 1470. The lowest BCUT2D eigenvalue weighted by atomic mass is 9.94. The van der Waals surface area contributed by atoms with Crippen molar-refractivity contribution in [2.24, 2.45) is 5.73 Å². The molecular weight excluding hydrogens is 540 g/mol. The highest BCUT2D eigenvalue weighted by atomic mass is 19.4. The number of nitrogens with two attached hydrogens (primary N) is 1. The van der Waals surface area contributed by atoms with E-state index in [4.69, 9.17) is 5.73 Å². The summed E-state index contributed by atoms with van der Waals surface area (Å²) < 4.78 is 57.8. The quantitative estimate of drug-likeness (QED) is 0.215. The van der Waals surface area contributed by atoms with Crippen molar-refractivity contribution in [3.63, 3.8) is 0 Å². The van der Waals surface area contributed by atoms with Crippen molar-refractivity contribution in [3.05, 3.63) is 59.0 Å². The molecule has 0 bridgehead atoms. The van der Waals surface area contributed by atoms with Gasteiger partial charge in [-0.25, -0.2) is 4.39 Å². The Hall–Kier alpha value is -3.77. The number of pyridine rings is 1. The Morgan fingerprint density at radius 1 is 1.05 bits per heavy atom. The van der Waals surface area contributed by atoms with Crippen LogP contribution >= 0.6 is 0 Å². The van der Waals surface area contributed by atoms with Crippen LogP contribution in [-0.4, -0.2) is 67.0 Å². The number of nitrogens with zero attached hydrogens (tertiary/aromatic N) is 2. The molecule has 0 unspecified atom stereocenters. The number of hydrogen-bond acceptors (Lipinski definition) is 6. The third-order valence-electron chi connectivity index (χ3n) is 7.32. The first-order valence-electron chi connectivity index (χ1n) is 13.6. The first kappa shape index (κ1) is 28.7. The van der Waals surface area contributed by atoms with Crippen molar-refractivity contribution in [1.29, 1.82) is 0 Å². The summed E-state index contributed by atoms with van der Waals surface area (Å²) in [4.78, 5) is 31.9. The average Bonchev–Trinajstić information content (AvgIpc) is 3.73. The van der Waals surface area contributed by atoms with E-state index in [2.05, 4.69) is 20.9 Å². The molecule has 218 valence electrons. The van der Waals surface area contributed by atoms with Gasteiger partial charge in [0.15, 0.2) is 0 Å². The lowest BCUT2D eigenvalue weighted by Crippen LogP contribution is -2.57. The predicted octanol–water partition coefficient (Wildman–Crippen LogP) is 4.15. The fourth-order valence-electron chi connectivity index (χ4n) is 4.96. The molecule has 41 heavy (non-hydrogen) atoms. The molecule has 2 amide bonds. The zero-order valence-electron chi connectivity index (χ0n) is 22.6. The molecule has 1 aliphatic carbocycles. The van der Waals surface area contributed by atoms with Gasteiger partial charge in [0.05, 0.1) is 33.9 Å². The van der Waals surface area contributed by atoms with Gasteiger partial charge in [-0.1, -0.05) is 6.07 Å². The van der Waals surface area contributed by atoms with Crippen molar-refractivity contribution in [1.82, 2.24) is 20.5 Å².